The molecule has 3 atom stereocenters. The highest BCUT2D eigenvalue weighted by Gasteiger charge is 2.54. The number of amides is 1. The first-order valence-electron chi connectivity index (χ1n) is 8.84. The normalized spacial score (nSPS) is 24.8. The molecule has 2 aliphatic heterocycles. The van der Waals surface area contributed by atoms with Crippen molar-refractivity contribution in [1.82, 2.24) is 10.6 Å². The van der Waals surface area contributed by atoms with E-state index in [1.807, 2.05) is 25.1 Å². The zero-order valence-corrected chi connectivity index (χ0v) is 16.6. The zero-order chi connectivity index (χ0) is 19.9. The fourth-order valence-corrected chi connectivity index (χ4v) is 4.07. The van der Waals surface area contributed by atoms with Gasteiger partial charge in [0.05, 0.1) is 20.3 Å². The van der Waals surface area contributed by atoms with E-state index in [2.05, 4.69) is 16.0 Å². The van der Waals surface area contributed by atoms with Crippen molar-refractivity contribution in [2.75, 3.05) is 19.5 Å². The van der Waals surface area contributed by atoms with Crippen LogP contribution in [0.25, 0.3) is 0 Å². The first-order valence-corrected chi connectivity index (χ1v) is 9.25. The zero-order valence-electron chi connectivity index (χ0n) is 15.7. The molecule has 0 saturated carbocycles. The molecule has 28 heavy (non-hydrogen) atoms. The summed E-state index contributed by atoms with van der Waals surface area (Å²) < 4.78 is 16.7. The van der Waals surface area contributed by atoms with Gasteiger partial charge in [-0.1, -0.05) is 0 Å². The van der Waals surface area contributed by atoms with Crippen molar-refractivity contribution in [3.05, 3.63) is 48.0 Å². The average Bonchev–Trinajstić information content (AvgIpc) is 2.67. The van der Waals surface area contributed by atoms with Crippen LogP contribution in [0.3, 0.4) is 0 Å². The van der Waals surface area contributed by atoms with Gasteiger partial charge in [0.2, 0.25) is 5.91 Å². The molecule has 2 heterocycles. The van der Waals surface area contributed by atoms with E-state index in [0.717, 1.165) is 11.3 Å². The predicted octanol–water partition coefficient (Wildman–Crippen LogP) is 2.59. The molecule has 2 aliphatic rings. The number of benzene rings is 2. The number of anilines is 1. The van der Waals surface area contributed by atoms with Crippen LogP contribution in [0.5, 0.6) is 17.2 Å². The number of methoxy groups -OCH3 is 2. The smallest absolute Gasteiger partial charge is 0.236 e. The molecule has 2 aromatic carbocycles. The quantitative estimate of drug-likeness (QED) is 0.682. The van der Waals surface area contributed by atoms with Crippen LogP contribution >= 0.6 is 12.2 Å². The summed E-state index contributed by atoms with van der Waals surface area (Å²) in [6.07, 6.45) is 0. The molecule has 0 radical (unpaired) electrons. The van der Waals surface area contributed by atoms with Crippen molar-refractivity contribution in [2.45, 2.75) is 18.7 Å². The Bertz CT molecular complexity index is 934. The van der Waals surface area contributed by atoms with E-state index in [-0.39, 0.29) is 11.9 Å². The van der Waals surface area contributed by atoms with Gasteiger partial charge in [0.1, 0.15) is 23.2 Å². The van der Waals surface area contributed by atoms with Crippen molar-refractivity contribution in [1.29, 1.82) is 0 Å². The summed E-state index contributed by atoms with van der Waals surface area (Å²) in [6.45, 7) is 1.83. The fourth-order valence-electron chi connectivity index (χ4n) is 3.74. The first-order chi connectivity index (χ1) is 13.4. The van der Waals surface area contributed by atoms with Crippen LogP contribution in [-0.4, -0.2) is 31.0 Å². The van der Waals surface area contributed by atoms with Gasteiger partial charge in [0, 0.05) is 11.3 Å². The minimum absolute atomic E-state index is 0.186. The number of rotatable bonds is 4. The lowest BCUT2D eigenvalue weighted by Crippen LogP contribution is -2.70. The van der Waals surface area contributed by atoms with Gasteiger partial charge in [-0.25, -0.2) is 0 Å². The van der Waals surface area contributed by atoms with Gasteiger partial charge in [-0.05, 0) is 61.6 Å². The van der Waals surface area contributed by atoms with Gasteiger partial charge in [-0.15, -0.1) is 0 Å². The maximum absolute atomic E-state index is 13.2. The molecule has 1 amide bonds. The van der Waals surface area contributed by atoms with E-state index >= 15 is 0 Å². The topological polar surface area (TPSA) is 80.9 Å². The Balaban J connectivity index is 1.68. The van der Waals surface area contributed by atoms with Crippen LogP contribution in [-0.2, 0) is 4.79 Å². The van der Waals surface area contributed by atoms with Gasteiger partial charge in [0.25, 0.3) is 0 Å². The summed E-state index contributed by atoms with van der Waals surface area (Å²) in [6, 6.07) is 12.4. The largest absolute Gasteiger partial charge is 0.497 e. The number of thiocarbonyl (C=S) groups is 1. The number of hydrogen-bond donors (Lipinski definition) is 3. The number of nitrogens with one attached hydrogen (secondary N) is 3. The minimum Gasteiger partial charge on any atom is -0.497 e. The monoisotopic (exact) mass is 399 g/mol. The number of carbonyl (C=O) groups is 1. The maximum atomic E-state index is 13.2. The summed E-state index contributed by atoms with van der Waals surface area (Å²) in [5.74, 6) is 1.34. The molecule has 8 heteroatoms. The summed E-state index contributed by atoms with van der Waals surface area (Å²) >= 11 is 5.34. The van der Waals surface area contributed by atoms with Crippen LogP contribution in [0.4, 0.5) is 5.69 Å². The summed E-state index contributed by atoms with van der Waals surface area (Å²) in [5.41, 5.74) is 0.521. The van der Waals surface area contributed by atoms with Gasteiger partial charge in [-0.3, -0.25) is 4.79 Å². The third-order valence-corrected chi connectivity index (χ3v) is 5.31. The molecular weight excluding hydrogens is 378 g/mol. The highest BCUT2D eigenvalue weighted by molar-refractivity contribution is 7.80. The van der Waals surface area contributed by atoms with Crippen molar-refractivity contribution < 1.29 is 19.0 Å². The van der Waals surface area contributed by atoms with E-state index in [1.54, 1.807) is 38.5 Å². The van der Waals surface area contributed by atoms with Crippen molar-refractivity contribution in [2.24, 2.45) is 5.92 Å². The Kier molecular flexibility index (Phi) is 4.50. The third-order valence-electron chi connectivity index (χ3n) is 5.09. The molecule has 1 saturated heterocycles. The molecule has 2 aromatic rings. The molecule has 4 rings (SSSR count). The van der Waals surface area contributed by atoms with Crippen LogP contribution in [0.15, 0.2) is 42.5 Å². The molecule has 0 aliphatic carbocycles. The molecule has 0 spiro atoms. The lowest BCUT2D eigenvalue weighted by atomic mass is 9.80. The highest BCUT2D eigenvalue weighted by atomic mass is 32.1. The second-order valence-corrected chi connectivity index (χ2v) is 7.29. The minimum atomic E-state index is -0.981. The molecule has 1 fully saturated rings. The van der Waals surface area contributed by atoms with Crippen LogP contribution < -0.4 is 30.2 Å². The van der Waals surface area contributed by atoms with Gasteiger partial charge < -0.3 is 30.2 Å². The summed E-state index contributed by atoms with van der Waals surface area (Å²) in [7, 11) is 3.20. The van der Waals surface area contributed by atoms with Crippen molar-refractivity contribution in [3.63, 3.8) is 0 Å². The van der Waals surface area contributed by atoms with E-state index in [1.165, 1.54) is 0 Å². The molecule has 2 bridgehead atoms. The molecular formula is C20H21N3O4S. The second-order valence-electron chi connectivity index (χ2n) is 6.88. The van der Waals surface area contributed by atoms with E-state index < -0.39 is 11.6 Å². The SMILES string of the molecule is COc1ccc(NC(=O)[C@H]2[C@H]3NC(=S)N[C@@]2(C)Oc2ccc(OC)cc23)cc1. The fraction of sp³-hybridized carbons (Fsp3) is 0.300. The first kappa shape index (κ1) is 18.4. The third kappa shape index (κ3) is 3.09. The Morgan fingerprint density at radius 2 is 1.82 bits per heavy atom. The standard InChI is InChI=1S/C20H21N3O4S/c1-20-16(18(24)21-11-4-6-12(25-2)7-5-11)17(22-19(28)23-20)14-10-13(26-3)8-9-15(14)27-20/h4-10,16-17H,1-3H3,(H,21,24)(H2,22,23,28)/t16-,17+,20+/m1/s1. The van der Waals surface area contributed by atoms with Gasteiger partial charge in [0.15, 0.2) is 10.8 Å². The Morgan fingerprint density at radius 1 is 1.14 bits per heavy atom. The highest BCUT2D eigenvalue weighted by Crippen LogP contribution is 2.46. The number of carbonyl (C=O) groups excluding carboxylic acids is 1. The predicted molar refractivity (Wildman–Crippen MR) is 109 cm³/mol. The van der Waals surface area contributed by atoms with Crippen molar-refractivity contribution in [3.8, 4) is 17.2 Å². The van der Waals surface area contributed by atoms with Crippen LogP contribution in [0, 0.1) is 5.92 Å². The lowest BCUT2D eigenvalue weighted by molar-refractivity contribution is -0.132. The summed E-state index contributed by atoms with van der Waals surface area (Å²) in [5, 5.41) is 9.74. The summed E-state index contributed by atoms with van der Waals surface area (Å²) in [4.78, 5) is 13.2. The Morgan fingerprint density at radius 3 is 2.50 bits per heavy atom. The van der Waals surface area contributed by atoms with Gasteiger partial charge in [-0.2, -0.15) is 0 Å². The average molecular weight is 399 g/mol. The number of hydrogen-bond acceptors (Lipinski definition) is 5. The van der Waals surface area contributed by atoms with E-state index in [4.69, 9.17) is 26.4 Å². The Labute approximate surface area is 168 Å². The lowest BCUT2D eigenvalue weighted by Gasteiger charge is -2.50. The van der Waals surface area contributed by atoms with Gasteiger partial charge >= 0.3 is 0 Å². The number of fused-ring (bicyclic) bond motifs is 4. The Hall–Kier alpha value is -3.00. The maximum Gasteiger partial charge on any atom is 0.236 e. The number of ether oxygens (including phenoxy) is 3. The molecule has 3 N–H and O–H groups in total. The van der Waals surface area contributed by atoms with E-state index in [0.29, 0.717) is 22.3 Å². The second kappa shape index (κ2) is 6.87. The van der Waals surface area contributed by atoms with E-state index in [9.17, 15) is 4.79 Å². The van der Waals surface area contributed by atoms with Crippen LogP contribution in [0.1, 0.15) is 18.5 Å². The molecule has 0 unspecified atom stereocenters. The van der Waals surface area contributed by atoms with Crippen LogP contribution in [0.2, 0.25) is 0 Å². The molecule has 0 aromatic heterocycles. The van der Waals surface area contributed by atoms with Crippen molar-refractivity contribution >= 4 is 28.9 Å². The molecule has 146 valence electrons. The molecule has 7 nitrogen and oxygen atoms in total.